The van der Waals surface area contributed by atoms with Gasteiger partial charge in [0.15, 0.2) is 11.5 Å². The first-order valence-corrected chi connectivity index (χ1v) is 11.4. The Morgan fingerprint density at radius 2 is 1.94 bits per heavy atom. The number of thiophene rings is 1. The highest BCUT2D eigenvalue weighted by molar-refractivity contribution is 7.17. The summed E-state index contributed by atoms with van der Waals surface area (Å²) in [6, 6.07) is 5.38. The van der Waals surface area contributed by atoms with Crippen LogP contribution in [0.4, 0.5) is 9.80 Å². The minimum absolute atomic E-state index is 0.177. The molecule has 0 unspecified atom stereocenters. The highest BCUT2D eigenvalue weighted by Crippen LogP contribution is 2.38. The van der Waals surface area contributed by atoms with Gasteiger partial charge in [-0.3, -0.25) is 4.79 Å². The number of fused-ring (bicyclic) bond motifs is 2. The van der Waals surface area contributed by atoms with Gasteiger partial charge in [-0.15, -0.1) is 11.3 Å². The van der Waals surface area contributed by atoms with Crippen LogP contribution < -0.4 is 14.8 Å². The maximum atomic E-state index is 12.7. The normalized spacial score (nSPS) is 14.2. The first-order valence-electron chi connectivity index (χ1n) is 10.6. The van der Waals surface area contributed by atoms with Crippen LogP contribution in [-0.4, -0.2) is 49.4 Å². The number of amides is 2. The molecule has 1 aromatic carbocycles. The van der Waals surface area contributed by atoms with Crippen molar-refractivity contribution < 1.29 is 33.3 Å². The Labute approximate surface area is 194 Å². The average molecular weight is 473 g/mol. The fraction of sp³-hybridized carbons (Fsp3) is 0.348. The predicted molar refractivity (Wildman–Crippen MR) is 122 cm³/mol. The molecule has 2 amide bonds. The molecule has 0 atom stereocenters. The third-order valence-corrected chi connectivity index (χ3v) is 6.26. The number of nitrogens with zero attached hydrogens (tertiary/aromatic N) is 1. The third kappa shape index (κ3) is 4.95. The van der Waals surface area contributed by atoms with Gasteiger partial charge in [-0.1, -0.05) is 6.07 Å². The second-order valence-electron chi connectivity index (χ2n) is 7.23. The van der Waals surface area contributed by atoms with Crippen LogP contribution in [0.5, 0.6) is 11.5 Å². The standard InChI is InChI=1S/C23H24N2O7S/c1-3-29-22(27)20-15-9-10-25(23(28)30-4-2)12-18(15)33-21(20)24-19(26)8-6-14-5-7-16-17(11-14)32-13-31-16/h5-8,11H,3-4,9-10,12-13H2,1-2H3,(H,24,26)/b8-6+. The first-order chi connectivity index (χ1) is 16.0. The molecule has 2 aromatic rings. The van der Waals surface area contributed by atoms with E-state index in [2.05, 4.69) is 5.32 Å². The highest BCUT2D eigenvalue weighted by atomic mass is 32.1. The number of rotatable bonds is 6. The number of hydrogen-bond donors (Lipinski definition) is 1. The number of ether oxygens (including phenoxy) is 4. The van der Waals surface area contributed by atoms with Crippen molar-refractivity contribution in [2.45, 2.75) is 26.8 Å². The molecule has 1 N–H and O–H groups in total. The van der Waals surface area contributed by atoms with Gasteiger partial charge in [0.2, 0.25) is 12.7 Å². The average Bonchev–Trinajstić information content (AvgIpc) is 3.41. The van der Waals surface area contributed by atoms with Crippen LogP contribution in [0.1, 0.15) is 40.2 Å². The van der Waals surface area contributed by atoms with E-state index in [1.54, 1.807) is 37.0 Å². The van der Waals surface area contributed by atoms with Crippen LogP contribution in [0.2, 0.25) is 0 Å². The van der Waals surface area contributed by atoms with Crippen molar-refractivity contribution in [1.29, 1.82) is 0 Å². The third-order valence-electron chi connectivity index (χ3n) is 5.12. The van der Waals surface area contributed by atoms with E-state index >= 15 is 0 Å². The van der Waals surface area contributed by atoms with Gasteiger partial charge in [-0.2, -0.15) is 0 Å². The van der Waals surface area contributed by atoms with Gasteiger partial charge in [0.05, 0.1) is 25.3 Å². The van der Waals surface area contributed by atoms with E-state index in [0.29, 0.717) is 41.6 Å². The van der Waals surface area contributed by atoms with Gasteiger partial charge in [-0.05, 0) is 49.6 Å². The van der Waals surface area contributed by atoms with Crippen LogP contribution in [0.15, 0.2) is 24.3 Å². The van der Waals surface area contributed by atoms with Crippen molar-refractivity contribution in [2.75, 3.05) is 31.9 Å². The molecule has 1 aromatic heterocycles. The van der Waals surface area contributed by atoms with Gasteiger partial charge in [0.25, 0.3) is 0 Å². The smallest absolute Gasteiger partial charge is 0.410 e. The van der Waals surface area contributed by atoms with E-state index in [1.165, 1.54) is 17.4 Å². The molecule has 0 saturated heterocycles. The number of esters is 1. The van der Waals surface area contributed by atoms with E-state index in [4.69, 9.17) is 18.9 Å². The molecule has 0 aliphatic carbocycles. The Bertz CT molecular complexity index is 1110. The number of carbonyl (C=O) groups excluding carboxylic acids is 3. The summed E-state index contributed by atoms with van der Waals surface area (Å²) in [5.41, 5.74) is 1.93. The van der Waals surface area contributed by atoms with Crippen molar-refractivity contribution >= 4 is 40.4 Å². The molecule has 0 saturated carbocycles. The Kier molecular flexibility index (Phi) is 6.83. The van der Waals surface area contributed by atoms with Gasteiger partial charge in [0.1, 0.15) is 5.00 Å². The largest absolute Gasteiger partial charge is 0.462 e. The van der Waals surface area contributed by atoms with Crippen LogP contribution in [0, 0.1) is 0 Å². The van der Waals surface area contributed by atoms with Gasteiger partial charge >= 0.3 is 12.1 Å². The lowest BCUT2D eigenvalue weighted by Gasteiger charge is -2.26. The molecule has 3 heterocycles. The monoisotopic (exact) mass is 472 g/mol. The summed E-state index contributed by atoms with van der Waals surface area (Å²) in [5, 5.41) is 3.21. The summed E-state index contributed by atoms with van der Waals surface area (Å²) in [7, 11) is 0. The summed E-state index contributed by atoms with van der Waals surface area (Å²) >= 11 is 1.27. The molecule has 0 spiro atoms. The van der Waals surface area contributed by atoms with E-state index in [0.717, 1.165) is 16.0 Å². The van der Waals surface area contributed by atoms with Crippen molar-refractivity contribution in [3.05, 3.63) is 45.8 Å². The molecule has 0 bridgehead atoms. The quantitative estimate of drug-likeness (QED) is 0.504. The fourth-order valence-electron chi connectivity index (χ4n) is 3.62. The zero-order valence-corrected chi connectivity index (χ0v) is 19.2. The number of carbonyl (C=O) groups is 3. The van der Waals surface area contributed by atoms with E-state index in [1.807, 2.05) is 6.07 Å². The topological polar surface area (TPSA) is 103 Å². The van der Waals surface area contributed by atoms with Gasteiger partial charge < -0.3 is 29.2 Å². The van der Waals surface area contributed by atoms with E-state index in [-0.39, 0.29) is 25.9 Å². The van der Waals surface area contributed by atoms with Crippen molar-refractivity contribution in [1.82, 2.24) is 4.90 Å². The number of anilines is 1. The second kappa shape index (κ2) is 9.95. The Hall–Kier alpha value is -3.53. The summed E-state index contributed by atoms with van der Waals surface area (Å²) in [6.45, 7) is 4.90. The zero-order chi connectivity index (χ0) is 23.4. The van der Waals surface area contributed by atoms with Crippen LogP contribution >= 0.6 is 11.3 Å². The van der Waals surface area contributed by atoms with Crippen LogP contribution in [0.3, 0.4) is 0 Å². The molecule has 4 rings (SSSR count). The summed E-state index contributed by atoms with van der Waals surface area (Å²) in [4.78, 5) is 39.8. The lowest BCUT2D eigenvalue weighted by molar-refractivity contribution is -0.111. The highest BCUT2D eigenvalue weighted by Gasteiger charge is 2.31. The Balaban J connectivity index is 1.53. The zero-order valence-electron chi connectivity index (χ0n) is 18.3. The second-order valence-corrected chi connectivity index (χ2v) is 8.34. The van der Waals surface area contributed by atoms with Crippen LogP contribution in [-0.2, 0) is 27.2 Å². The molecule has 10 heteroatoms. The fourth-order valence-corrected chi connectivity index (χ4v) is 4.88. The molecule has 2 aliphatic rings. The van der Waals surface area contributed by atoms with Crippen LogP contribution in [0.25, 0.3) is 6.08 Å². The van der Waals surface area contributed by atoms with Crippen molar-refractivity contribution in [2.24, 2.45) is 0 Å². The van der Waals surface area contributed by atoms with E-state index < -0.39 is 12.1 Å². The number of nitrogens with one attached hydrogen (secondary N) is 1. The van der Waals surface area contributed by atoms with Gasteiger partial charge in [-0.25, -0.2) is 9.59 Å². The summed E-state index contributed by atoms with van der Waals surface area (Å²) in [5.74, 6) is 0.407. The van der Waals surface area contributed by atoms with Crippen molar-refractivity contribution in [3.8, 4) is 11.5 Å². The lowest BCUT2D eigenvalue weighted by Crippen LogP contribution is -2.36. The maximum absolute atomic E-state index is 12.7. The molecule has 33 heavy (non-hydrogen) atoms. The maximum Gasteiger partial charge on any atom is 0.410 e. The van der Waals surface area contributed by atoms with Crippen molar-refractivity contribution in [3.63, 3.8) is 0 Å². The lowest BCUT2D eigenvalue weighted by atomic mass is 10.0. The molecule has 174 valence electrons. The molecule has 9 nitrogen and oxygen atoms in total. The molecule has 0 radical (unpaired) electrons. The van der Waals surface area contributed by atoms with Gasteiger partial charge in [0, 0.05) is 17.5 Å². The molecule has 0 fully saturated rings. The predicted octanol–water partition coefficient (Wildman–Crippen LogP) is 3.82. The number of benzene rings is 1. The first kappa shape index (κ1) is 22.7. The summed E-state index contributed by atoms with van der Waals surface area (Å²) < 4.78 is 21.0. The number of hydrogen-bond acceptors (Lipinski definition) is 8. The Morgan fingerprint density at radius 3 is 2.73 bits per heavy atom. The molecule has 2 aliphatic heterocycles. The van der Waals surface area contributed by atoms with E-state index in [9.17, 15) is 14.4 Å². The minimum atomic E-state index is -0.491. The SMILES string of the molecule is CCOC(=O)c1c(NC(=O)/C=C/c2ccc3c(c2)OCO3)sc2c1CCN(C(=O)OCC)C2. The Morgan fingerprint density at radius 1 is 1.15 bits per heavy atom. The minimum Gasteiger partial charge on any atom is -0.462 e. The molecular formula is C23H24N2O7S. The summed E-state index contributed by atoms with van der Waals surface area (Å²) in [6.07, 6.45) is 3.11. The molecular weight excluding hydrogens is 448 g/mol.